The van der Waals surface area contributed by atoms with Gasteiger partial charge in [0.1, 0.15) is 12.4 Å². The monoisotopic (exact) mass is 212 g/mol. The van der Waals surface area contributed by atoms with E-state index in [4.69, 9.17) is 4.74 Å². The molecule has 0 aliphatic rings. The van der Waals surface area contributed by atoms with E-state index >= 15 is 0 Å². The smallest absolute Gasteiger partial charge is 0.122 e. The molecule has 0 saturated heterocycles. The SMILES string of the molecule is CCc1ccccc1OCc1ccccc1. The summed E-state index contributed by atoms with van der Waals surface area (Å²) in [5, 5.41) is 0. The molecule has 0 fully saturated rings. The van der Waals surface area contributed by atoms with Crippen LogP contribution in [0.5, 0.6) is 5.75 Å². The lowest BCUT2D eigenvalue weighted by molar-refractivity contribution is 0.303. The highest BCUT2D eigenvalue weighted by atomic mass is 16.5. The van der Waals surface area contributed by atoms with Crippen molar-refractivity contribution in [2.45, 2.75) is 20.0 Å². The van der Waals surface area contributed by atoms with Crippen LogP contribution < -0.4 is 4.74 Å². The fourth-order valence-electron chi connectivity index (χ4n) is 1.67. The van der Waals surface area contributed by atoms with E-state index in [0.717, 1.165) is 12.2 Å². The second-order valence-corrected chi connectivity index (χ2v) is 3.74. The molecule has 0 spiro atoms. The summed E-state index contributed by atoms with van der Waals surface area (Å²) in [7, 11) is 0. The normalized spacial score (nSPS) is 10.1. The van der Waals surface area contributed by atoms with Gasteiger partial charge >= 0.3 is 0 Å². The van der Waals surface area contributed by atoms with Crippen LogP contribution in [0.15, 0.2) is 54.6 Å². The van der Waals surface area contributed by atoms with E-state index in [1.54, 1.807) is 0 Å². The van der Waals surface area contributed by atoms with Crippen LogP contribution >= 0.6 is 0 Å². The lowest BCUT2D eigenvalue weighted by atomic mass is 10.1. The van der Waals surface area contributed by atoms with Gasteiger partial charge in [0, 0.05) is 0 Å². The van der Waals surface area contributed by atoms with Crippen molar-refractivity contribution in [1.82, 2.24) is 0 Å². The Morgan fingerprint density at radius 1 is 0.875 bits per heavy atom. The Labute approximate surface area is 96.7 Å². The highest BCUT2D eigenvalue weighted by Crippen LogP contribution is 2.19. The van der Waals surface area contributed by atoms with E-state index < -0.39 is 0 Å². The van der Waals surface area contributed by atoms with E-state index in [9.17, 15) is 0 Å². The Kier molecular flexibility index (Phi) is 3.60. The number of aryl methyl sites for hydroxylation is 1. The molecule has 2 aromatic rings. The summed E-state index contributed by atoms with van der Waals surface area (Å²) in [6.07, 6.45) is 1.00. The first-order valence-electron chi connectivity index (χ1n) is 5.65. The molecular weight excluding hydrogens is 196 g/mol. The van der Waals surface area contributed by atoms with Gasteiger partial charge in [-0.25, -0.2) is 0 Å². The van der Waals surface area contributed by atoms with Crippen molar-refractivity contribution in [1.29, 1.82) is 0 Å². The molecule has 0 unspecified atom stereocenters. The summed E-state index contributed by atoms with van der Waals surface area (Å²) >= 11 is 0. The Morgan fingerprint density at radius 3 is 2.31 bits per heavy atom. The standard InChI is InChI=1S/C15H16O/c1-2-14-10-6-7-11-15(14)16-12-13-8-4-3-5-9-13/h3-11H,2,12H2,1H3. The molecule has 1 nitrogen and oxygen atoms in total. The summed E-state index contributed by atoms with van der Waals surface area (Å²) in [6, 6.07) is 18.4. The zero-order valence-corrected chi connectivity index (χ0v) is 9.52. The first-order chi connectivity index (χ1) is 7.90. The fourth-order valence-corrected chi connectivity index (χ4v) is 1.67. The maximum Gasteiger partial charge on any atom is 0.122 e. The molecule has 2 rings (SSSR count). The van der Waals surface area contributed by atoms with Gasteiger partial charge in [-0.3, -0.25) is 0 Å². The Bertz CT molecular complexity index is 434. The highest BCUT2D eigenvalue weighted by Gasteiger charge is 2.00. The average Bonchev–Trinajstić information content (AvgIpc) is 2.38. The summed E-state index contributed by atoms with van der Waals surface area (Å²) in [5.74, 6) is 0.994. The van der Waals surface area contributed by atoms with Gasteiger partial charge in [0.15, 0.2) is 0 Å². The Hall–Kier alpha value is -1.76. The fraction of sp³-hybridized carbons (Fsp3) is 0.200. The van der Waals surface area contributed by atoms with E-state index in [1.807, 2.05) is 36.4 Å². The number of ether oxygens (including phenoxy) is 1. The van der Waals surface area contributed by atoms with Gasteiger partial charge in [-0.2, -0.15) is 0 Å². The molecule has 82 valence electrons. The second kappa shape index (κ2) is 5.36. The summed E-state index contributed by atoms with van der Waals surface area (Å²) in [6.45, 7) is 2.78. The van der Waals surface area contributed by atoms with Gasteiger partial charge in [0.2, 0.25) is 0 Å². The molecule has 0 aromatic heterocycles. The quantitative estimate of drug-likeness (QED) is 0.748. The van der Waals surface area contributed by atoms with Gasteiger partial charge in [-0.1, -0.05) is 55.5 Å². The van der Waals surface area contributed by atoms with Crippen LogP contribution in [0.3, 0.4) is 0 Å². The predicted molar refractivity (Wildman–Crippen MR) is 66.6 cm³/mol. The maximum absolute atomic E-state index is 5.81. The van der Waals surface area contributed by atoms with Gasteiger partial charge in [-0.15, -0.1) is 0 Å². The van der Waals surface area contributed by atoms with Crippen LogP contribution in [0.4, 0.5) is 0 Å². The number of hydrogen-bond acceptors (Lipinski definition) is 1. The van der Waals surface area contributed by atoms with Crippen molar-refractivity contribution < 1.29 is 4.74 Å². The minimum atomic E-state index is 0.637. The first-order valence-corrected chi connectivity index (χ1v) is 5.65. The summed E-state index contributed by atoms with van der Waals surface area (Å²) in [5.41, 5.74) is 2.46. The highest BCUT2D eigenvalue weighted by molar-refractivity contribution is 5.33. The van der Waals surface area contributed by atoms with Crippen molar-refractivity contribution in [3.8, 4) is 5.75 Å². The molecule has 0 amide bonds. The number of benzene rings is 2. The molecule has 0 saturated carbocycles. The van der Waals surface area contributed by atoms with Gasteiger partial charge < -0.3 is 4.74 Å². The first kappa shape index (κ1) is 10.7. The summed E-state index contributed by atoms with van der Waals surface area (Å²) < 4.78 is 5.81. The van der Waals surface area contributed by atoms with Crippen LogP contribution in [0.25, 0.3) is 0 Å². The molecule has 0 heterocycles. The van der Waals surface area contributed by atoms with Crippen molar-refractivity contribution in [3.63, 3.8) is 0 Å². The van der Waals surface area contributed by atoms with Crippen LogP contribution in [0, 0.1) is 0 Å². The lowest BCUT2D eigenvalue weighted by Gasteiger charge is -2.09. The van der Waals surface area contributed by atoms with Crippen LogP contribution in [0.2, 0.25) is 0 Å². The zero-order chi connectivity index (χ0) is 11.2. The van der Waals surface area contributed by atoms with E-state index in [-0.39, 0.29) is 0 Å². The number of hydrogen-bond donors (Lipinski definition) is 0. The third kappa shape index (κ3) is 2.63. The molecule has 0 atom stereocenters. The second-order valence-electron chi connectivity index (χ2n) is 3.74. The largest absolute Gasteiger partial charge is 0.489 e. The molecule has 16 heavy (non-hydrogen) atoms. The Morgan fingerprint density at radius 2 is 1.56 bits per heavy atom. The van der Waals surface area contributed by atoms with Crippen molar-refractivity contribution in [2.24, 2.45) is 0 Å². The van der Waals surface area contributed by atoms with Gasteiger partial charge in [0.25, 0.3) is 0 Å². The molecule has 0 aliphatic heterocycles. The van der Waals surface area contributed by atoms with E-state index in [2.05, 4.69) is 25.1 Å². The topological polar surface area (TPSA) is 9.23 Å². The predicted octanol–water partition coefficient (Wildman–Crippen LogP) is 3.83. The van der Waals surface area contributed by atoms with E-state index in [0.29, 0.717) is 6.61 Å². The third-order valence-corrected chi connectivity index (χ3v) is 2.59. The summed E-state index contributed by atoms with van der Waals surface area (Å²) in [4.78, 5) is 0. The van der Waals surface area contributed by atoms with Crippen molar-refractivity contribution >= 4 is 0 Å². The zero-order valence-electron chi connectivity index (χ0n) is 9.52. The molecule has 0 aliphatic carbocycles. The van der Waals surface area contributed by atoms with Crippen molar-refractivity contribution in [2.75, 3.05) is 0 Å². The Balaban J connectivity index is 2.05. The number of para-hydroxylation sites is 1. The van der Waals surface area contributed by atoms with Crippen molar-refractivity contribution in [3.05, 3.63) is 65.7 Å². The molecule has 2 aromatic carbocycles. The minimum Gasteiger partial charge on any atom is -0.489 e. The molecule has 1 heteroatoms. The maximum atomic E-state index is 5.81. The molecular formula is C15H16O. The minimum absolute atomic E-state index is 0.637. The molecule has 0 bridgehead atoms. The van der Waals surface area contributed by atoms with Gasteiger partial charge in [0.05, 0.1) is 0 Å². The molecule has 0 radical (unpaired) electrons. The third-order valence-electron chi connectivity index (χ3n) is 2.59. The van der Waals surface area contributed by atoms with Gasteiger partial charge in [-0.05, 0) is 23.6 Å². The number of rotatable bonds is 4. The average molecular weight is 212 g/mol. The van der Waals surface area contributed by atoms with Crippen LogP contribution in [-0.4, -0.2) is 0 Å². The van der Waals surface area contributed by atoms with Crippen LogP contribution in [0.1, 0.15) is 18.1 Å². The van der Waals surface area contributed by atoms with Crippen LogP contribution in [-0.2, 0) is 13.0 Å². The lowest BCUT2D eigenvalue weighted by Crippen LogP contribution is -1.97. The molecule has 0 N–H and O–H groups in total. The van der Waals surface area contributed by atoms with E-state index in [1.165, 1.54) is 11.1 Å².